The number of pyridine rings is 1. The minimum absolute atomic E-state index is 0.00783. The lowest BCUT2D eigenvalue weighted by Gasteiger charge is -2.20. The molecule has 194 valence electrons. The van der Waals surface area contributed by atoms with Gasteiger partial charge >= 0.3 is 6.09 Å². The highest BCUT2D eigenvalue weighted by Gasteiger charge is 2.25. The van der Waals surface area contributed by atoms with Gasteiger partial charge in [0.15, 0.2) is 0 Å². The Morgan fingerprint density at radius 3 is 2.24 bits per heavy atom. The summed E-state index contributed by atoms with van der Waals surface area (Å²) in [6.07, 6.45) is -0.562. The average Bonchev–Trinajstić information content (AvgIpc) is 3.20. The van der Waals surface area contributed by atoms with Gasteiger partial charge in [0.1, 0.15) is 11.3 Å². The van der Waals surface area contributed by atoms with E-state index >= 15 is 0 Å². The third-order valence-corrected chi connectivity index (χ3v) is 7.31. The van der Waals surface area contributed by atoms with Crippen LogP contribution in [0, 0.1) is 20.8 Å². The Kier molecular flexibility index (Phi) is 7.10. The van der Waals surface area contributed by atoms with E-state index in [0.29, 0.717) is 6.42 Å². The summed E-state index contributed by atoms with van der Waals surface area (Å²) in [6.45, 7) is 12.3. The Hall–Kier alpha value is -3.72. The topological polar surface area (TPSA) is 103 Å². The number of hydrogen-bond acceptors (Lipinski definition) is 6. The zero-order chi connectivity index (χ0) is 27.0. The summed E-state index contributed by atoms with van der Waals surface area (Å²) in [7, 11) is -3.98. The van der Waals surface area contributed by atoms with E-state index < -0.39 is 16.1 Å². The second kappa shape index (κ2) is 9.97. The van der Waals surface area contributed by atoms with Gasteiger partial charge in [-0.15, -0.1) is 0 Å². The molecule has 0 aliphatic heterocycles. The maximum Gasteiger partial charge on any atom is 0.421 e. The van der Waals surface area contributed by atoms with E-state index in [1.807, 2.05) is 49.8 Å². The molecule has 0 aliphatic carbocycles. The van der Waals surface area contributed by atoms with Crippen molar-refractivity contribution in [1.82, 2.24) is 19.3 Å². The van der Waals surface area contributed by atoms with Crippen molar-refractivity contribution in [2.75, 3.05) is 6.61 Å². The molecule has 0 atom stereocenters. The lowest BCUT2D eigenvalue weighted by Crippen LogP contribution is -2.31. The van der Waals surface area contributed by atoms with Gasteiger partial charge in [0, 0.05) is 23.2 Å². The van der Waals surface area contributed by atoms with Crippen LogP contribution in [0.1, 0.15) is 49.1 Å². The monoisotopic (exact) mass is 520 g/mol. The predicted octanol–water partition coefficient (Wildman–Crippen LogP) is 5.30. The number of ether oxygens (including phenoxy) is 1. The first-order valence-electron chi connectivity index (χ1n) is 12.1. The molecule has 0 fully saturated rings. The van der Waals surface area contributed by atoms with Crippen LogP contribution < -0.4 is 4.72 Å². The molecule has 8 nitrogen and oxygen atoms in total. The van der Waals surface area contributed by atoms with Gasteiger partial charge in [-0.2, -0.15) is 0 Å². The molecule has 0 saturated heterocycles. The van der Waals surface area contributed by atoms with E-state index in [-0.39, 0.29) is 16.9 Å². The fraction of sp³-hybridized carbons (Fsp3) is 0.321. The van der Waals surface area contributed by atoms with Crippen molar-refractivity contribution < 1.29 is 17.9 Å². The Bertz CT molecular complexity index is 1550. The molecule has 4 aromatic rings. The summed E-state index contributed by atoms with van der Waals surface area (Å²) < 4.78 is 33.9. The first-order chi connectivity index (χ1) is 17.3. The number of fused-ring (bicyclic) bond motifs is 1. The quantitative estimate of drug-likeness (QED) is 0.370. The predicted molar refractivity (Wildman–Crippen MR) is 144 cm³/mol. The van der Waals surface area contributed by atoms with E-state index in [1.54, 1.807) is 12.1 Å². The second-order valence-electron chi connectivity index (χ2n) is 10.2. The molecule has 4 rings (SSSR count). The van der Waals surface area contributed by atoms with Crippen LogP contribution in [-0.4, -0.2) is 35.7 Å². The Morgan fingerprint density at radius 2 is 1.62 bits per heavy atom. The van der Waals surface area contributed by atoms with Gasteiger partial charge in [-0.05, 0) is 56.7 Å². The van der Waals surface area contributed by atoms with Crippen molar-refractivity contribution in [2.45, 2.75) is 58.3 Å². The van der Waals surface area contributed by atoms with E-state index in [4.69, 9.17) is 9.72 Å². The fourth-order valence-corrected chi connectivity index (χ4v) is 5.02. The Balaban J connectivity index is 1.46. The molecule has 0 saturated carbocycles. The van der Waals surface area contributed by atoms with E-state index in [2.05, 4.69) is 36.4 Å². The van der Waals surface area contributed by atoms with Gasteiger partial charge in [0.05, 0.1) is 22.7 Å². The van der Waals surface area contributed by atoms with Crippen LogP contribution in [-0.2, 0) is 26.6 Å². The van der Waals surface area contributed by atoms with Gasteiger partial charge < -0.3 is 4.74 Å². The van der Waals surface area contributed by atoms with Gasteiger partial charge in [0.25, 0.3) is 10.0 Å². The third kappa shape index (κ3) is 5.83. The average molecular weight is 521 g/mol. The van der Waals surface area contributed by atoms with Gasteiger partial charge in [0.2, 0.25) is 0 Å². The molecule has 9 heteroatoms. The highest BCUT2D eigenvalue weighted by molar-refractivity contribution is 7.90. The summed E-state index contributed by atoms with van der Waals surface area (Å²) in [5.41, 5.74) is 6.40. The van der Waals surface area contributed by atoms with Crippen molar-refractivity contribution in [2.24, 2.45) is 0 Å². The maximum absolute atomic E-state index is 12.3. The van der Waals surface area contributed by atoms with Crippen LogP contribution in [0.25, 0.3) is 16.7 Å². The van der Waals surface area contributed by atoms with Gasteiger partial charge in [-0.1, -0.05) is 50.6 Å². The molecule has 0 unspecified atom stereocenters. The van der Waals surface area contributed by atoms with E-state index in [0.717, 1.165) is 45.1 Å². The van der Waals surface area contributed by atoms with Gasteiger partial charge in [-0.3, -0.25) is 9.55 Å². The van der Waals surface area contributed by atoms with E-state index in [1.165, 1.54) is 12.1 Å². The number of hydrogen-bond donors (Lipinski definition) is 1. The number of aryl methyl sites for hydroxylation is 3. The number of benzene rings is 2. The molecular weight excluding hydrogens is 488 g/mol. The number of nitrogens with one attached hydrogen (secondary N) is 1. The molecule has 2 heterocycles. The summed E-state index contributed by atoms with van der Waals surface area (Å²) >= 11 is 0. The summed E-state index contributed by atoms with van der Waals surface area (Å²) in [5, 5.41) is 0. The van der Waals surface area contributed by atoms with Crippen molar-refractivity contribution in [3.05, 3.63) is 82.9 Å². The fourth-order valence-electron chi connectivity index (χ4n) is 4.13. The molecule has 2 aromatic heterocycles. The molecule has 0 bridgehead atoms. The molecule has 0 radical (unpaired) electrons. The molecule has 0 spiro atoms. The number of carbonyl (C=O) groups is 1. The smallest absolute Gasteiger partial charge is 0.421 e. The number of amides is 1. The standard InChI is InChI=1S/C28H32N4O4S/c1-18-7-13-23(14-8-18)37(34,35)31-27(33)36-16-15-21-9-11-22(12-10-21)32-24-17-19(2)29-20(3)25(24)30-26(32)28(4,5)6/h7-14,17H,15-16H2,1-6H3,(H,31,33). The number of nitrogens with zero attached hydrogens (tertiary/aromatic N) is 3. The van der Waals surface area contributed by atoms with Crippen LogP contribution in [0.15, 0.2) is 59.5 Å². The molecule has 0 aliphatic rings. The number of carbonyl (C=O) groups excluding carboxylic acids is 1. The lowest BCUT2D eigenvalue weighted by atomic mass is 9.95. The highest BCUT2D eigenvalue weighted by Crippen LogP contribution is 2.31. The van der Waals surface area contributed by atoms with Crippen molar-refractivity contribution in [3.63, 3.8) is 0 Å². The van der Waals surface area contributed by atoms with Crippen LogP contribution in [0.5, 0.6) is 0 Å². The second-order valence-corrected chi connectivity index (χ2v) is 11.9. The number of imidazole rings is 1. The molecular formula is C28H32N4O4S. The molecule has 37 heavy (non-hydrogen) atoms. The van der Waals surface area contributed by atoms with Crippen molar-refractivity contribution >= 4 is 27.1 Å². The highest BCUT2D eigenvalue weighted by atomic mass is 32.2. The van der Waals surface area contributed by atoms with E-state index in [9.17, 15) is 13.2 Å². The summed E-state index contributed by atoms with van der Waals surface area (Å²) in [5.74, 6) is 0.945. The van der Waals surface area contributed by atoms with Crippen LogP contribution >= 0.6 is 0 Å². The Morgan fingerprint density at radius 1 is 0.973 bits per heavy atom. The van der Waals surface area contributed by atoms with Crippen molar-refractivity contribution in [1.29, 1.82) is 0 Å². The lowest BCUT2D eigenvalue weighted by molar-refractivity contribution is 0.154. The minimum atomic E-state index is -3.98. The van der Waals surface area contributed by atoms with Crippen molar-refractivity contribution in [3.8, 4) is 5.69 Å². The minimum Gasteiger partial charge on any atom is -0.448 e. The number of sulfonamides is 1. The third-order valence-electron chi connectivity index (χ3n) is 5.98. The molecule has 2 aromatic carbocycles. The van der Waals surface area contributed by atoms with Crippen LogP contribution in [0.4, 0.5) is 4.79 Å². The zero-order valence-electron chi connectivity index (χ0n) is 22.0. The summed E-state index contributed by atoms with van der Waals surface area (Å²) in [4.78, 5) is 21.6. The zero-order valence-corrected chi connectivity index (χ0v) is 22.8. The number of rotatable bonds is 6. The van der Waals surface area contributed by atoms with Crippen LogP contribution in [0.2, 0.25) is 0 Å². The van der Waals surface area contributed by atoms with Crippen LogP contribution in [0.3, 0.4) is 0 Å². The van der Waals surface area contributed by atoms with Gasteiger partial charge in [-0.25, -0.2) is 22.9 Å². The Labute approximate surface area is 217 Å². The maximum atomic E-state index is 12.3. The largest absolute Gasteiger partial charge is 0.448 e. The first-order valence-corrected chi connectivity index (χ1v) is 13.6. The molecule has 1 amide bonds. The first kappa shape index (κ1) is 26.3. The number of aromatic nitrogens is 3. The molecule has 1 N–H and O–H groups in total. The summed E-state index contributed by atoms with van der Waals surface area (Å²) in [6, 6.07) is 16.2. The SMILES string of the molecule is Cc1ccc(S(=O)(=O)NC(=O)OCCc2ccc(-n3c(C(C)(C)C)nc4c(C)nc(C)cc43)cc2)cc1. The normalized spacial score (nSPS) is 12.1.